The summed E-state index contributed by atoms with van der Waals surface area (Å²) in [5.41, 5.74) is 3.16. The molecule has 1 aliphatic heterocycles. The van der Waals surface area contributed by atoms with Crippen molar-refractivity contribution in [1.82, 2.24) is 9.80 Å². The molecule has 0 aliphatic carbocycles. The molecular formula is C25H33N3O3. The van der Waals surface area contributed by atoms with Crippen molar-refractivity contribution in [3.63, 3.8) is 0 Å². The minimum atomic E-state index is -0.255. The van der Waals surface area contributed by atoms with Crippen LogP contribution in [-0.4, -0.2) is 61.1 Å². The quantitative estimate of drug-likeness (QED) is 0.731. The number of benzene rings is 2. The van der Waals surface area contributed by atoms with Crippen LogP contribution in [0.3, 0.4) is 0 Å². The fraction of sp³-hybridized carbons (Fsp3) is 0.440. The number of hydrogen-bond donors (Lipinski definition) is 1. The predicted octanol–water partition coefficient (Wildman–Crippen LogP) is 4.02. The zero-order valence-electron chi connectivity index (χ0n) is 18.5. The van der Waals surface area contributed by atoms with Crippen LogP contribution in [0.1, 0.15) is 31.4 Å². The van der Waals surface area contributed by atoms with Crippen LogP contribution in [0.5, 0.6) is 0 Å². The first kappa shape index (κ1) is 22.8. The van der Waals surface area contributed by atoms with Crippen molar-refractivity contribution in [2.45, 2.75) is 26.7 Å². The molecule has 166 valence electrons. The largest absolute Gasteiger partial charge is 0.449 e. The molecule has 0 aromatic heterocycles. The second-order valence-electron chi connectivity index (χ2n) is 8.46. The first-order valence-corrected chi connectivity index (χ1v) is 11.1. The number of amides is 2. The molecule has 0 saturated carbocycles. The molecule has 0 atom stereocenters. The SMILES string of the molecule is CC(C)COC(=O)N1CCCN(CC(=O)Nc2ccccc2Cc2ccccc2)CC1. The lowest BCUT2D eigenvalue weighted by molar-refractivity contribution is -0.117. The van der Waals surface area contributed by atoms with Crippen LogP contribution in [0.2, 0.25) is 0 Å². The highest BCUT2D eigenvalue weighted by Gasteiger charge is 2.22. The van der Waals surface area contributed by atoms with E-state index in [1.54, 1.807) is 4.90 Å². The molecule has 0 radical (unpaired) electrons. The molecule has 2 amide bonds. The van der Waals surface area contributed by atoms with Crippen molar-refractivity contribution in [3.8, 4) is 0 Å². The summed E-state index contributed by atoms with van der Waals surface area (Å²) in [6.07, 6.45) is 1.35. The summed E-state index contributed by atoms with van der Waals surface area (Å²) < 4.78 is 5.34. The van der Waals surface area contributed by atoms with Crippen LogP contribution in [0, 0.1) is 5.92 Å². The minimum Gasteiger partial charge on any atom is -0.449 e. The van der Waals surface area contributed by atoms with E-state index in [9.17, 15) is 9.59 Å². The number of carbonyl (C=O) groups excluding carboxylic acids is 2. The topological polar surface area (TPSA) is 61.9 Å². The van der Waals surface area contributed by atoms with Gasteiger partial charge in [-0.2, -0.15) is 0 Å². The number of hydrogen-bond acceptors (Lipinski definition) is 4. The third-order valence-electron chi connectivity index (χ3n) is 5.28. The van der Waals surface area contributed by atoms with E-state index in [0.717, 1.165) is 30.6 Å². The van der Waals surface area contributed by atoms with E-state index in [-0.39, 0.29) is 12.0 Å². The molecule has 6 heteroatoms. The molecule has 6 nitrogen and oxygen atoms in total. The molecule has 0 spiro atoms. The van der Waals surface area contributed by atoms with Gasteiger partial charge < -0.3 is 15.0 Å². The van der Waals surface area contributed by atoms with Crippen molar-refractivity contribution < 1.29 is 14.3 Å². The van der Waals surface area contributed by atoms with Gasteiger partial charge in [0.15, 0.2) is 0 Å². The van der Waals surface area contributed by atoms with E-state index < -0.39 is 0 Å². The summed E-state index contributed by atoms with van der Waals surface area (Å²) >= 11 is 0. The second kappa shape index (κ2) is 11.5. The molecule has 0 unspecified atom stereocenters. The Labute approximate surface area is 185 Å². The lowest BCUT2D eigenvalue weighted by atomic mass is 10.0. The van der Waals surface area contributed by atoms with Crippen LogP contribution in [0.25, 0.3) is 0 Å². The number of rotatable bonds is 7. The lowest BCUT2D eigenvalue weighted by Gasteiger charge is -2.22. The van der Waals surface area contributed by atoms with Gasteiger partial charge in [-0.25, -0.2) is 4.79 Å². The van der Waals surface area contributed by atoms with Gasteiger partial charge in [-0.3, -0.25) is 9.69 Å². The highest BCUT2D eigenvalue weighted by molar-refractivity contribution is 5.93. The third-order valence-corrected chi connectivity index (χ3v) is 5.28. The Balaban J connectivity index is 1.52. The third kappa shape index (κ3) is 7.40. The number of nitrogens with one attached hydrogen (secondary N) is 1. The molecule has 1 aliphatic rings. The number of anilines is 1. The number of ether oxygens (including phenoxy) is 1. The normalized spacial score (nSPS) is 14.9. The number of carbonyl (C=O) groups is 2. The van der Waals surface area contributed by atoms with Crippen LogP contribution in [0.4, 0.5) is 10.5 Å². The predicted molar refractivity (Wildman–Crippen MR) is 123 cm³/mol. The van der Waals surface area contributed by atoms with E-state index in [0.29, 0.717) is 38.7 Å². The molecule has 1 N–H and O–H groups in total. The van der Waals surface area contributed by atoms with E-state index in [2.05, 4.69) is 28.4 Å². The van der Waals surface area contributed by atoms with Crippen LogP contribution < -0.4 is 5.32 Å². The first-order chi connectivity index (χ1) is 15.0. The summed E-state index contributed by atoms with van der Waals surface area (Å²) in [6, 6.07) is 18.2. The first-order valence-electron chi connectivity index (χ1n) is 11.1. The Bertz CT molecular complexity index is 854. The maximum absolute atomic E-state index is 12.7. The van der Waals surface area contributed by atoms with Crippen molar-refractivity contribution >= 4 is 17.7 Å². The zero-order valence-corrected chi connectivity index (χ0v) is 18.5. The second-order valence-corrected chi connectivity index (χ2v) is 8.46. The molecular weight excluding hydrogens is 390 g/mol. The molecule has 1 fully saturated rings. The maximum atomic E-state index is 12.7. The Morgan fingerprint density at radius 1 is 0.968 bits per heavy atom. The van der Waals surface area contributed by atoms with Gasteiger partial charge in [-0.1, -0.05) is 62.4 Å². The number of nitrogens with zero attached hydrogens (tertiary/aromatic N) is 2. The molecule has 31 heavy (non-hydrogen) atoms. The summed E-state index contributed by atoms with van der Waals surface area (Å²) in [6.45, 7) is 7.48. The van der Waals surface area contributed by atoms with Gasteiger partial charge in [0.2, 0.25) is 5.91 Å². The van der Waals surface area contributed by atoms with Gasteiger partial charge in [0.1, 0.15) is 0 Å². The van der Waals surface area contributed by atoms with Crippen molar-refractivity contribution in [2.24, 2.45) is 5.92 Å². The standard InChI is InChI=1S/C25H33N3O3/c1-20(2)19-31-25(30)28-14-8-13-27(15-16-28)18-24(29)26-23-12-7-6-11-22(23)17-21-9-4-3-5-10-21/h3-7,9-12,20H,8,13-19H2,1-2H3,(H,26,29). The molecule has 2 aromatic carbocycles. The van der Waals surface area contributed by atoms with Gasteiger partial charge in [0, 0.05) is 31.9 Å². The minimum absolute atomic E-state index is 0.0312. The van der Waals surface area contributed by atoms with Crippen LogP contribution >= 0.6 is 0 Å². The maximum Gasteiger partial charge on any atom is 0.409 e. The van der Waals surface area contributed by atoms with Crippen molar-refractivity contribution in [2.75, 3.05) is 44.6 Å². The Kier molecular flexibility index (Phi) is 8.47. The summed E-state index contributed by atoms with van der Waals surface area (Å²) in [5, 5.41) is 3.08. The van der Waals surface area contributed by atoms with Gasteiger partial charge in [-0.05, 0) is 36.0 Å². The average molecular weight is 424 g/mol. The number of para-hydroxylation sites is 1. The van der Waals surface area contributed by atoms with E-state index in [4.69, 9.17) is 4.74 Å². The van der Waals surface area contributed by atoms with Crippen LogP contribution in [0.15, 0.2) is 54.6 Å². The van der Waals surface area contributed by atoms with E-state index >= 15 is 0 Å². The van der Waals surface area contributed by atoms with E-state index in [1.807, 2.05) is 50.2 Å². The van der Waals surface area contributed by atoms with Gasteiger partial charge in [-0.15, -0.1) is 0 Å². The molecule has 0 bridgehead atoms. The highest BCUT2D eigenvalue weighted by atomic mass is 16.6. The fourth-order valence-corrected chi connectivity index (χ4v) is 3.65. The highest BCUT2D eigenvalue weighted by Crippen LogP contribution is 2.19. The monoisotopic (exact) mass is 423 g/mol. The summed E-state index contributed by atoms with van der Waals surface area (Å²) in [4.78, 5) is 28.8. The summed E-state index contributed by atoms with van der Waals surface area (Å²) in [5.74, 6) is 0.289. The van der Waals surface area contributed by atoms with E-state index in [1.165, 1.54) is 5.56 Å². The van der Waals surface area contributed by atoms with Crippen LogP contribution in [-0.2, 0) is 16.0 Å². The lowest BCUT2D eigenvalue weighted by Crippen LogP contribution is -2.38. The van der Waals surface area contributed by atoms with Gasteiger partial charge in [0.05, 0.1) is 13.2 Å². The molecule has 3 rings (SSSR count). The Morgan fingerprint density at radius 2 is 1.71 bits per heavy atom. The van der Waals surface area contributed by atoms with Crippen molar-refractivity contribution in [1.29, 1.82) is 0 Å². The summed E-state index contributed by atoms with van der Waals surface area (Å²) in [7, 11) is 0. The Morgan fingerprint density at radius 3 is 2.48 bits per heavy atom. The van der Waals surface area contributed by atoms with Gasteiger partial charge >= 0.3 is 6.09 Å². The Hall–Kier alpha value is -2.86. The molecule has 2 aromatic rings. The average Bonchev–Trinajstić information content (AvgIpc) is 3.00. The van der Waals surface area contributed by atoms with Crippen molar-refractivity contribution in [3.05, 3.63) is 65.7 Å². The molecule has 1 heterocycles. The fourth-order valence-electron chi connectivity index (χ4n) is 3.65. The zero-order chi connectivity index (χ0) is 22.1. The smallest absolute Gasteiger partial charge is 0.409 e. The molecule has 1 saturated heterocycles. The van der Waals surface area contributed by atoms with Gasteiger partial charge in [0.25, 0.3) is 0 Å².